The van der Waals surface area contributed by atoms with Gasteiger partial charge in [0.2, 0.25) is 0 Å². The SMILES string of the molecule is Cc1ccc(O)c(-c2cc(N)n(C)n2)c1F. The van der Waals surface area contributed by atoms with Gasteiger partial charge in [-0.05, 0) is 18.6 Å². The van der Waals surface area contributed by atoms with Gasteiger partial charge in [-0.2, -0.15) is 5.10 Å². The Morgan fingerprint density at radius 1 is 1.44 bits per heavy atom. The lowest BCUT2D eigenvalue weighted by Crippen LogP contribution is -1.97. The monoisotopic (exact) mass is 221 g/mol. The van der Waals surface area contributed by atoms with E-state index in [9.17, 15) is 9.50 Å². The number of phenols is 1. The summed E-state index contributed by atoms with van der Waals surface area (Å²) >= 11 is 0. The highest BCUT2D eigenvalue weighted by molar-refractivity contribution is 5.70. The number of hydrogen-bond donors (Lipinski definition) is 2. The summed E-state index contributed by atoms with van der Waals surface area (Å²) in [6.07, 6.45) is 0. The zero-order valence-electron chi connectivity index (χ0n) is 9.03. The van der Waals surface area contributed by atoms with Gasteiger partial charge < -0.3 is 10.8 Å². The molecular formula is C11H12FN3O. The lowest BCUT2D eigenvalue weighted by molar-refractivity contribution is 0.471. The van der Waals surface area contributed by atoms with Crippen LogP contribution in [0.5, 0.6) is 5.75 Å². The first kappa shape index (κ1) is 10.5. The van der Waals surface area contributed by atoms with Crippen LogP contribution in [-0.2, 0) is 7.05 Å². The van der Waals surface area contributed by atoms with Crippen LogP contribution in [0.1, 0.15) is 5.56 Å². The molecule has 0 radical (unpaired) electrons. The second-order valence-corrected chi connectivity index (χ2v) is 3.67. The number of benzene rings is 1. The first-order chi connectivity index (χ1) is 7.50. The Kier molecular flexibility index (Phi) is 2.30. The standard InChI is InChI=1S/C11H12FN3O/c1-6-3-4-8(16)10(11(6)12)7-5-9(13)15(2)14-7/h3-5,16H,13H2,1-2H3. The first-order valence-electron chi connectivity index (χ1n) is 4.78. The van der Waals surface area contributed by atoms with Crippen LogP contribution in [0.2, 0.25) is 0 Å². The zero-order valence-corrected chi connectivity index (χ0v) is 9.03. The second kappa shape index (κ2) is 3.52. The third-order valence-corrected chi connectivity index (χ3v) is 2.49. The van der Waals surface area contributed by atoms with Crippen LogP contribution in [0.3, 0.4) is 0 Å². The Labute approximate surface area is 92.1 Å². The molecule has 0 aliphatic rings. The lowest BCUT2D eigenvalue weighted by atomic mass is 10.1. The number of nitrogens with zero attached hydrogens (tertiary/aromatic N) is 2. The van der Waals surface area contributed by atoms with Gasteiger partial charge in [0.15, 0.2) is 0 Å². The molecule has 0 atom stereocenters. The molecule has 1 heterocycles. The highest BCUT2D eigenvalue weighted by Gasteiger charge is 2.16. The number of nitrogen functional groups attached to an aromatic ring is 1. The molecule has 0 unspecified atom stereocenters. The molecule has 0 spiro atoms. The van der Waals surface area contributed by atoms with E-state index in [-0.39, 0.29) is 11.3 Å². The molecule has 0 aliphatic carbocycles. The molecule has 1 aromatic heterocycles. The topological polar surface area (TPSA) is 64.1 Å². The molecule has 84 valence electrons. The Morgan fingerprint density at radius 2 is 2.12 bits per heavy atom. The van der Waals surface area contributed by atoms with Gasteiger partial charge in [-0.1, -0.05) is 6.07 Å². The van der Waals surface area contributed by atoms with Crippen molar-refractivity contribution in [1.29, 1.82) is 0 Å². The summed E-state index contributed by atoms with van der Waals surface area (Å²) < 4.78 is 15.3. The number of anilines is 1. The highest BCUT2D eigenvalue weighted by Crippen LogP contribution is 2.33. The molecule has 0 saturated carbocycles. The molecule has 16 heavy (non-hydrogen) atoms. The predicted molar refractivity (Wildman–Crippen MR) is 59.4 cm³/mol. The van der Waals surface area contributed by atoms with Crippen molar-refractivity contribution in [2.24, 2.45) is 7.05 Å². The minimum Gasteiger partial charge on any atom is -0.507 e. The number of aryl methyl sites for hydroxylation is 2. The molecule has 4 nitrogen and oxygen atoms in total. The van der Waals surface area contributed by atoms with E-state index in [0.717, 1.165) is 0 Å². The largest absolute Gasteiger partial charge is 0.507 e. The summed E-state index contributed by atoms with van der Waals surface area (Å²) in [5.41, 5.74) is 6.49. The molecule has 0 amide bonds. The van der Waals surface area contributed by atoms with Gasteiger partial charge in [0.05, 0.1) is 5.56 Å². The number of halogens is 1. The van der Waals surface area contributed by atoms with E-state index in [1.165, 1.54) is 22.9 Å². The summed E-state index contributed by atoms with van der Waals surface area (Å²) in [6, 6.07) is 4.48. The number of aromatic hydroxyl groups is 1. The number of nitrogens with two attached hydrogens (primary N) is 1. The lowest BCUT2D eigenvalue weighted by Gasteiger charge is -2.05. The van der Waals surface area contributed by atoms with Gasteiger partial charge in [-0.25, -0.2) is 4.39 Å². The summed E-state index contributed by atoms with van der Waals surface area (Å²) in [6.45, 7) is 1.63. The van der Waals surface area contributed by atoms with Crippen molar-refractivity contribution >= 4 is 5.82 Å². The predicted octanol–water partition coefficient (Wildman–Crippen LogP) is 1.82. The van der Waals surface area contributed by atoms with Crippen molar-refractivity contribution in [3.63, 3.8) is 0 Å². The maximum absolute atomic E-state index is 13.8. The summed E-state index contributed by atoms with van der Waals surface area (Å²) in [4.78, 5) is 0. The van der Waals surface area contributed by atoms with Gasteiger partial charge in [0.25, 0.3) is 0 Å². The average molecular weight is 221 g/mol. The Hall–Kier alpha value is -2.04. The molecule has 3 N–H and O–H groups in total. The Morgan fingerprint density at radius 3 is 2.69 bits per heavy atom. The summed E-state index contributed by atoms with van der Waals surface area (Å²) in [7, 11) is 1.66. The molecule has 0 fully saturated rings. The van der Waals surface area contributed by atoms with Crippen LogP contribution < -0.4 is 5.73 Å². The van der Waals surface area contributed by atoms with Crippen LogP contribution in [0.15, 0.2) is 18.2 Å². The molecule has 0 saturated heterocycles. The van der Waals surface area contributed by atoms with E-state index in [4.69, 9.17) is 5.73 Å². The maximum atomic E-state index is 13.8. The van der Waals surface area contributed by atoms with E-state index < -0.39 is 5.82 Å². The van der Waals surface area contributed by atoms with E-state index in [0.29, 0.717) is 17.1 Å². The highest BCUT2D eigenvalue weighted by atomic mass is 19.1. The maximum Gasteiger partial charge on any atom is 0.139 e. The average Bonchev–Trinajstić information content (AvgIpc) is 2.54. The molecule has 2 rings (SSSR count). The van der Waals surface area contributed by atoms with Crippen LogP contribution >= 0.6 is 0 Å². The molecule has 0 aliphatic heterocycles. The smallest absolute Gasteiger partial charge is 0.139 e. The fraction of sp³-hybridized carbons (Fsp3) is 0.182. The molecular weight excluding hydrogens is 209 g/mol. The van der Waals surface area contributed by atoms with Crippen molar-refractivity contribution in [2.75, 3.05) is 5.73 Å². The van der Waals surface area contributed by atoms with Gasteiger partial charge in [-0.15, -0.1) is 0 Å². The van der Waals surface area contributed by atoms with Crippen LogP contribution in [0.25, 0.3) is 11.3 Å². The second-order valence-electron chi connectivity index (χ2n) is 3.67. The van der Waals surface area contributed by atoms with Crippen LogP contribution in [0.4, 0.5) is 10.2 Å². The van der Waals surface area contributed by atoms with Gasteiger partial charge >= 0.3 is 0 Å². The van der Waals surface area contributed by atoms with E-state index in [2.05, 4.69) is 5.10 Å². The third kappa shape index (κ3) is 1.50. The normalized spacial score (nSPS) is 10.7. The fourth-order valence-corrected chi connectivity index (χ4v) is 1.52. The zero-order chi connectivity index (χ0) is 11.9. The van der Waals surface area contributed by atoms with Crippen LogP contribution in [0, 0.1) is 12.7 Å². The minimum absolute atomic E-state index is 0.0901. The van der Waals surface area contributed by atoms with Crippen LogP contribution in [-0.4, -0.2) is 14.9 Å². The molecule has 0 bridgehead atoms. The molecule has 2 aromatic rings. The van der Waals surface area contributed by atoms with E-state index in [1.807, 2.05) is 0 Å². The Bertz CT molecular complexity index is 529. The third-order valence-electron chi connectivity index (χ3n) is 2.49. The minimum atomic E-state index is -0.474. The number of hydrogen-bond acceptors (Lipinski definition) is 3. The van der Waals surface area contributed by atoms with Gasteiger partial charge in [0, 0.05) is 13.1 Å². The summed E-state index contributed by atoms with van der Waals surface area (Å²) in [5, 5.41) is 13.7. The number of phenolic OH excluding ortho intramolecular Hbond substituents is 1. The number of rotatable bonds is 1. The van der Waals surface area contributed by atoms with Crippen molar-refractivity contribution in [3.8, 4) is 17.0 Å². The molecule has 1 aromatic carbocycles. The van der Waals surface area contributed by atoms with Gasteiger partial charge in [0.1, 0.15) is 23.1 Å². The van der Waals surface area contributed by atoms with Crippen molar-refractivity contribution in [3.05, 3.63) is 29.6 Å². The van der Waals surface area contributed by atoms with E-state index >= 15 is 0 Å². The van der Waals surface area contributed by atoms with Crippen molar-refractivity contribution in [1.82, 2.24) is 9.78 Å². The van der Waals surface area contributed by atoms with E-state index in [1.54, 1.807) is 14.0 Å². The first-order valence-corrected chi connectivity index (χ1v) is 4.78. The number of aromatic nitrogens is 2. The summed E-state index contributed by atoms with van der Waals surface area (Å²) in [5.74, 6) is -0.199. The molecule has 5 heteroatoms. The van der Waals surface area contributed by atoms with Crippen molar-refractivity contribution < 1.29 is 9.50 Å². The van der Waals surface area contributed by atoms with Crippen molar-refractivity contribution in [2.45, 2.75) is 6.92 Å². The Balaban J connectivity index is 2.68. The van der Waals surface area contributed by atoms with Gasteiger partial charge in [-0.3, -0.25) is 4.68 Å². The quantitative estimate of drug-likeness (QED) is 0.772. The fourth-order valence-electron chi connectivity index (χ4n) is 1.52.